The van der Waals surface area contributed by atoms with Crippen molar-refractivity contribution in [2.24, 2.45) is 0 Å². The summed E-state index contributed by atoms with van der Waals surface area (Å²) in [6.07, 6.45) is 0. The molecule has 1 fully saturated rings. The van der Waals surface area contributed by atoms with Gasteiger partial charge in [0.05, 0.1) is 28.9 Å². The maximum absolute atomic E-state index is 13.4. The molecule has 1 aliphatic rings. The number of fused-ring (bicyclic) bond motifs is 1. The van der Waals surface area contributed by atoms with E-state index >= 15 is 0 Å². The Bertz CT molecular complexity index is 1540. The van der Waals surface area contributed by atoms with Crippen molar-refractivity contribution >= 4 is 60.1 Å². The molecule has 4 aromatic rings. The summed E-state index contributed by atoms with van der Waals surface area (Å²) >= 11 is 4.76. The van der Waals surface area contributed by atoms with Crippen LogP contribution >= 0.6 is 27.3 Å². The second-order valence-corrected chi connectivity index (χ2v) is 10.2. The van der Waals surface area contributed by atoms with E-state index in [2.05, 4.69) is 20.9 Å². The predicted octanol–water partition coefficient (Wildman–Crippen LogP) is 6.31. The van der Waals surface area contributed by atoms with Gasteiger partial charge in [-0.05, 0) is 55.3 Å². The molecular weight excluding hydrogens is 528 g/mol. The molecule has 0 bridgehead atoms. The normalized spacial score (nSPS) is 17.4. The van der Waals surface area contributed by atoms with E-state index in [0.29, 0.717) is 22.0 Å². The number of ether oxygens (including phenoxy) is 1. The minimum absolute atomic E-state index is 0.0409. The predicted molar refractivity (Wildman–Crippen MR) is 141 cm³/mol. The number of aromatic nitrogens is 1. The van der Waals surface area contributed by atoms with Crippen molar-refractivity contribution < 1.29 is 19.4 Å². The molecule has 6 nitrogen and oxygen atoms in total. The fourth-order valence-electron chi connectivity index (χ4n) is 4.26. The Labute approximate surface area is 214 Å². The number of amides is 1. The summed E-state index contributed by atoms with van der Waals surface area (Å²) in [5, 5.41) is 11.7. The number of hydrogen-bond acceptors (Lipinski definition) is 6. The molecule has 1 unspecified atom stereocenters. The van der Waals surface area contributed by atoms with E-state index in [0.717, 1.165) is 25.9 Å². The number of nitrogens with zero attached hydrogens (tertiary/aromatic N) is 2. The lowest BCUT2D eigenvalue weighted by atomic mass is 9.94. The van der Waals surface area contributed by atoms with Crippen molar-refractivity contribution in [3.05, 3.63) is 93.0 Å². The molecule has 5 rings (SSSR count). The fourth-order valence-corrected chi connectivity index (χ4v) is 5.52. The number of benzene rings is 3. The van der Waals surface area contributed by atoms with Crippen LogP contribution in [0.5, 0.6) is 5.75 Å². The highest BCUT2D eigenvalue weighted by Gasteiger charge is 2.48. The van der Waals surface area contributed by atoms with Crippen molar-refractivity contribution in [2.45, 2.75) is 19.9 Å². The van der Waals surface area contributed by atoms with Crippen molar-refractivity contribution in [2.75, 3.05) is 12.0 Å². The van der Waals surface area contributed by atoms with Crippen LogP contribution in [0.25, 0.3) is 16.0 Å². The van der Waals surface area contributed by atoms with Crippen molar-refractivity contribution in [3.8, 4) is 5.75 Å². The van der Waals surface area contributed by atoms with E-state index in [1.165, 1.54) is 16.2 Å². The maximum Gasteiger partial charge on any atom is 0.301 e. The lowest BCUT2D eigenvalue weighted by Gasteiger charge is -2.23. The molecule has 1 saturated heterocycles. The van der Waals surface area contributed by atoms with Gasteiger partial charge in [-0.1, -0.05) is 63.2 Å². The molecule has 1 amide bonds. The fraction of sp³-hybridized carbons (Fsp3) is 0.148. The number of aliphatic hydroxyl groups is 1. The van der Waals surface area contributed by atoms with Gasteiger partial charge < -0.3 is 9.84 Å². The number of ketones is 1. The number of carbonyl (C=O) groups is 2. The molecule has 35 heavy (non-hydrogen) atoms. The third-order valence-corrected chi connectivity index (χ3v) is 7.93. The smallest absolute Gasteiger partial charge is 0.301 e. The van der Waals surface area contributed by atoms with Gasteiger partial charge in [0.15, 0.2) is 5.13 Å². The number of halogens is 1. The Morgan fingerprint density at radius 2 is 1.89 bits per heavy atom. The van der Waals surface area contributed by atoms with Crippen molar-refractivity contribution in [1.29, 1.82) is 0 Å². The number of rotatable bonds is 4. The van der Waals surface area contributed by atoms with Crippen LogP contribution in [-0.4, -0.2) is 28.9 Å². The van der Waals surface area contributed by atoms with Gasteiger partial charge in [0.25, 0.3) is 5.78 Å². The number of methoxy groups -OCH3 is 1. The maximum atomic E-state index is 13.4. The van der Waals surface area contributed by atoms with E-state index in [9.17, 15) is 14.7 Å². The van der Waals surface area contributed by atoms with Crippen molar-refractivity contribution in [1.82, 2.24) is 4.98 Å². The molecular formula is C27H21BrN2O4S. The zero-order valence-electron chi connectivity index (χ0n) is 19.2. The largest absolute Gasteiger partial charge is 0.507 e. The van der Waals surface area contributed by atoms with Crippen LogP contribution in [-0.2, 0) is 9.59 Å². The molecule has 0 spiro atoms. The van der Waals surface area contributed by atoms with E-state index in [4.69, 9.17) is 4.74 Å². The van der Waals surface area contributed by atoms with Crippen LogP contribution in [0.1, 0.15) is 28.3 Å². The first-order valence-corrected chi connectivity index (χ1v) is 12.5. The Morgan fingerprint density at radius 1 is 1.09 bits per heavy atom. The summed E-state index contributed by atoms with van der Waals surface area (Å²) in [7, 11) is 1.59. The van der Waals surface area contributed by atoms with Crippen LogP contribution < -0.4 is 9.64 Å². The minimum Gasteiger partial charge on any atom is -0.507 e. The van der Waals surface area contributed by atoms with E-state index in [-0.39, 0.29) is 11.3 Å². The number of aliphatic hydroxyl groups excluding tert-OH is 1. The van der Waals surface area contributed by atoms with Crippen LogP contribution in [0.3, 0.4) is 0 Å². The van der Waals surface area contributed by atoms with Gasteiger partial charge in [0.2, 0.25) is 0 Å². The summed E-state index contributed by atoms with van der Waals surface area (Å²) in [6.45, 7) is 3.84. The number of thiazole rings is 1. The van der Waals surface area contributed by atoms with Gasteiger partial charge in [0, 0.05) is 10.0 Å². The molecule has 1 aliphatic heterocycles. The number of anilines is 1. The highest BCUT2D eigenvalue weighted by Crippen LogP contribution is 2.45. The second kappa shape index (κ2) is 8.94. The average molecular weight is 549 g/mol. The zero-order chi connectivity index (χ0) is 24.9. The van der Waals surface area contributed by atoms with Gasteiger partial charge in [-0.25, -0.2) is 4.98 Å². The van der Waals surface area contributed by atoms with Crippen LogP contribution in [0.4, 0.5) is 5.13 Å². The SMILES string of the molecule is COc1ccc2nc(N3C(=O)C(=O)/C(=C(/O)c4ccc(Br)c(C)c4)C3c3cccc(C)c3)sc2c1. The van der Waals surface area contributed by atoms with Gasteiger partial charge in [-0.2, -0.15) is 0 Å². The lowest BCUT2D eigenvalue weighted by Crippen LogP contribution is -2.29. The summed E-state index contributed by atoms with van der Waals surface area (Å²) in [6, 6.07) is 17.5. The molecule has 0 saturated carbocycles. The molecule has 3 aromatic carbocycles. The first kappa shape index (κ1) is 23.3. The molecule has 176 valence electrons. The molecule has 1 aromatic heterocycles. The average Bonchev–Trinajstić information content (AvgIpc) is 3.38. The van der Waals surface area contributed by atoms with E-state index in [1.54, 1.807) is 25.3 Å². The quantitative estimate of drug-likeness (QED) is 0.183. The van der Waals surface area contributed by atoms with Gasteiger partial charge in [0.1, 0.15) is 11.5 Å². The van der Waals surface area contributed by atoms with Gasteiger partial charge in [-0.3, -0.25) is 14.5 Å². The van der Waals surface area contributed by atoms with Gasteiger partial charge >= 0.3 is 5.91 Å². The molecule has 8 heteroatoms. The summed E-state index contributed by atoms with van der Waals surface area (Å²) < 4.78 is 7.03. The van der Waals surface area contributed by atoms with E-state index < -0.39 is 17.7 Å². The number of Topliss-reactive ketones (excluding diaryl/α,β-unsaturated/α-hetero) is 1. The molecule has 0 aliphatic carbocycles. The van der Waals surface area contributed by atoms with E-state index in [1.807, 2.05) is 56.3 Å². The summed E-state index contributed by atoms with van der Waals surface area (Å²) in [5.41, 5.74) is 3.79. The Hall–Kier alpha value is -3.49. The second-order valence-electron chi connectivity index (χ2n) is 8.38. The monoisotopic (exact) mass is 548 g/mol. The Balaban J connectivity index is 1.73. The highest BCUT2D eigenvalue weighted by atomic mass is 79.9. The van der Waals surface area contributed by atoms with Crippen LogP contribution in [0, 0.1) is 13.8 Å². The Morgan fingerprint density at radius 3 is 2.60 bits per heavy atom. The first-order valence-electron chi connectivity index (χ1n) is 10.9. The van der Waals surface area contributed by atoms with Crippen LogP contribution in [0.15, 0.2) is 70.7 Å². The first-order chi connectivity index (χ1) is 16.8. The number of hydrogen-bond donors (Lipinski definition) is 1. The third kappa shape index (κ3) is 4.02. The molecule has 1 N–H and O–H groups in total. The molecule has 2 heterocycles. The topological polar surface area (TPSA) is 79.7 Å². The molecule has 0 radical (unpaired) electrons. The highest BCUT2D eigenvalue weighted by molar-refractivity contribution is 9.10. The Kier molecular flexibility index (Phi) is 5.94. The lowest BCUT2D eigenvalue weighted by molar-refractivity contribution is -0.132. The summed E-state index contributed by atoms with van der Waals surface area (Å²) in [5.74, 6) is -1.00. The molecule has 1 atom stereocenters. The van der Waals surface area contributed by atoms with Crippen LogP contribution in [0.2, 0.25) is 0 Å². The standard InChI is InChI=1S/C27H21BrN2O4S/c1-14-5-4-6-16(11-14)23-22(24(31)17-7-9-19(28)15(2)12-17)25(32)26(33)30(23)27-29-20-10-8-18(34-3)13-21(20)35-27/h4-13,23,31H,1-3H3/b24-22+. The van der Waals surface area contributed by atoms with Crippen molar-refractivity contribution in [3.63, 3.8) is 0 Å². The summed E-state index contributed by atoms with van der Waals surface area (Å²) in [4.78, 5) is 32.8. The van der Waals surface area contributed by atoms with Gasteiger partial charge in [-0.15, -0.1) is 0 Å². The zero-order valence-corrected chi connectivity index (χ0v) is 21.6. The number of aryl methyl sites for hydroxylation is 2. The number of carbonyl (C=O) groups excluding carboxylic acids is 2. The minimum atomic E-state index is -0.818. The third-order valence-electron chi connectivity index (χ3n) is 6.02.